The third kappa shape index (κ3) is 3.15. The highest BCUT2D eigenvalue weighted by Gasteiger charge is 2.20. The van der Waals surface area contributed by atoms with Gasteiger partial charge < -0.3 is 9.32 Å². The third-order valence-electron chi connectivity index (χ3n) is 4.16. The number of carbonyl (C=O) groups excluding carboxylic acids is 1. The van der Waals surface area contributed by atoms with E-state index in [1.165, 1.54) is 16.2 Å². The first-order chi connectivity index (χ1) is 13.0. The lowest BCUT2D eigenvalue weighted by molar-refractivity contribution is -0.119. The Balaban J connectivity index is 1.77. The van der Waals surface area contributed by atoms with Gasteiger partial charge in [0.15, 0.2) is 11.3 Å². The first-order valence-corrected chi connectivity index (χ1v) is 9.10. The number of rotatable bonds is 4. The third-order valence-corrected chi connectivity index (χ3v) is 5.14. The number of anilines is 1. The van der Waals surface area contributed by atoms with E-state index in [1.54, 1.807) is 25.4 Å². The predicted molar refractivity (Wildman–Crippen MR) is 104 cm³/mol. The van der Waals surface area contributed by atoms with Crippen LogP contribution in [-0.4, -0.2) is 27.7 Å². The van der Waals surface area contributed by atoms with Crippen LogP contribution in [-0.2, 0) is 11.3 Å². The monoisotopic (exact) mass is 380 g/mol. The van der Waals surface area contributed by atoms with Crippen LogP contribution in [0.2, 0.25) is 0 Å². The number of aryl methyl sites for hydroxylation is 1. The number of para-hydroxylation sites is 1. The molecule has 1 aromatic carbocycles. The highest BCUT2D eigenvalue weighted by Crippen LogP contribution is 2.29. The molecule has 0 atom stereocenters. The van der Waals surface area contributed by atoms with Gasteiger partial charge in [-0.15, -0.1) is 11.3 Å². The molecule has 3 aromatic heterocycles. The molecule has 0 saturated carbocycles. The molecule has 7 nitrogen and oxygen atoms in total. The summed E-state index contributed by atoms with van der Waals surface area (Å²) in [5.74, 6) is 0.272. The van der Waals surface area contributed by atoms with Gasteiger partial charge in [0.05, 0.1) is 16.0 Å². The Morgan fingerprint density at radius 2 is 2.00 bits per heavy atom. The van der Waals surface area contributed by atoms with E-state index in [0.717, 1.165) is 15.4 Å². The van der Waals surface area contributed by atoms with Crippen molar-refractivity contribution in [1.29, 1.82) is 0 Å². The number of likely N-dealkylation sites (N-methyl/N-ethyl adjacent to an activating group) is 1. The number of aromatic nitrogens is 3. The van der Waals surface area contributed by atoms with Crippen LogP contribution in [0.1, 0.15) is 5.01 Å². The summed E-state index contributed by atoms with van der Waals surface area (Å²) >= 11 is 1.38. The summed E-state index contributed by atoms with van der Waals surface area (Å²) in [5.41, 5.74) is 1.16. The maximum absolute atomic E-state index is 12.8. The zero-order valence-electron chi connectivity index (χ0n) is 14.7. The van der Waals surface area contributed by atoms with Gasteiger partial charge in [-0.1, -0.05) is 18.2 Å². The molecule has 136 valence electrons. The average Bonchev–Trinajstić information content (AvgIpc) is 3.34. The highest BCUT2D eigenvalue weighted by molar-refractivity contribution is 7.19. The molecule has 27 heavy (non-hydrogen) atoms. The number of benzene rings is 1. The van der Waals surface area contributed by atoms with Crippen molar-refractivity contribution in [3.8, 4) is 11.5 Å². The topological polar surface area (TPSA) is 81.2 Å². The Hall–Kier alpha value is -3.26. The molecule has 0 unspecified atom stereocenters. The molecule has 8 heteroatoms. The molecule has 4 aromatic rings. The second-order valence-corrected chi connectivity index (χ2v) is 7.19. The van der Waals surface area contributed by atoms with Crippen molar-refractivity contribution in [2.75, 3.05) is 11.9 Å². The predicted octanol–water partition coefficient (Wildman–Crippen LogP) is 3.08. The molecular weight excluding hydrogens is 364 g/mol. The number of furan rings is 1. The van der Waals surface area contributed by atoms with Gasteiger partial charge in [0.1, 0.15) is 12.2 Å². The molecule has 0 saturated heterocycles. The fourth-order valence-electron chi connectivity index (χ4n) is 2.78. The maximum Gasteiger partial charge on any atom is 0.294 e. The minimum Gasteiger partial charge on any atom is -0.463 e. The molecule has 3 heterocycles. The molecule has 0 aliphatic heterocycles. The van der Waals surface area contributed by atoms with Crippen molar-refractivity contribution in [3.63, 3.8) is 0 Å². The van der Waals surface area contributed by atoms with Crippen LogP contribution >= 0.6 is 11.3 Å². The van der Waals surface area contributed by atoms with E-state index in [-0.39, 0.29) is 18.0 Å². The number of amides is 1. The number of nitrogens with zero attached hydrogens (tertiary/aromatic N) is 4. The SMILES string of the molecule is Cc1nc2c(=O)n(CC(=O)N(C)c3ccccc3)nc(-c3ccco3)c2s1. The first-order valence-electron chi connectivity index (χ1n) is 8.28. The number of hydrogen-bond donors (Lipinski definition) is 0. The van der Waals surface area contributed by atoms with Gasteiger partial charge in [-0.2, -0.15) is 5.10 Å². The van der Waals surface area contributed by atoms with Crippen molar-refractivity contribution >= 4 is 33.1 Å². The van der Waals surface area contributed by atoms with E-state index < -0.39 is 0 Å². The molecule has 0 fully saturated rings. The Bertz CT molecular complexity index is 1160. The van der Waals surface area contributed by atoms with Crippen LogP contribution < -0.4 is 10.5 Å². The van der Waals surface area contributed by atoms with Crippen molar-refractivity contribution in [2.45, 2.75) is 13.5 Å². The van der Waals surface area contributed by atoms with Crippen LogP contribution in [0.15, 0.2) is 57.9 Å². The van der Waals surface area contributed by atoms with E-state index in [0.29, 0.717) is 21.7 Å². The fourth-order valence-corrected chi connectivity index (χ4v) is 3.68. The summed E-state index contributed by atoms with van der Waals surface area (Å²) < 4.78 is 7.27. The molecule has 1 amide bonds. The summed E-state index contributed by atoms with van der Waals surface area (Å²) in [6.07, 6.45) is 1.54. The van der Waals surface area contributed by atoms with E-state index in [2.05, 4.69) is 10.1 Å². The Morgan fingerprint density at radius 3 is 2.70 bits per heavy atom. The van der Waals surface area contributed by atoms with Crippen molar-refractivity contribution in [1.82, 2.24) is 14.8 Å². The van der Waals surface area contributed by atoms with E-state index in [9.17, 15) is 9.59 Å². The summed E-state index contributed by atoms with van der Waals surface area (Å²) in [6, 6.07) is 12.8. The minimum absolute atomic E-state index is 0.190. The van der Waals surface area contributed by atoms with Gasteiger partial charge >= 0.3 is 0 Å². The molecule has 0 bridgehead atoms. The van der Waals surface area contributed by atoms with Gasteiger partial charge in [0, 0.05) is 12.7 Å². The quantitative estimate of drug-likeness (QED) is 0.543. The van der Waals surface area contributed by atoms with Gasteiger partial charge in [0.2, 0.25) is 5.91 Å². The van der Waals surface area contributed by atoms with Gasteiger partial charge in [-0.3, -0.25) is 9.59 Å². The Morgan fingerprint density at radius 1 is 1.22 bits per heavy atom. The number of carbonyl (C=O) groups is 1. The lowest BCUT2D eigenvalue weighted by Gasteiger charge is -2.17. The first kappa shape index (κ1) is 17.2. The fraction of sp³-hybridized carbons (Fsp3) is 0.158. The van der Waals surface area contributed by atoms with Crippen molar-refractivity contribution < 1.29 is 9.21 Å². The van der Waals surface area contributed by atoms with Crippen LogP contribution in [0, 0.1) is 6.92 Å². The standard InChI is InChI=1S/C19H16N4O3S/c1-12-20-17-18(27-12)16(14-9-6-10-26-14)21-23(19(17)25)11-15(24)22(2)13-7-4-3-5-8-13/h3-10H,11H2,1-2H3. The largest absolute Gasteiger partial charge is 0.463 e. The normalized spacial score (nSPS) is 11.0. The summed E-state index contributed by atoms with van der Waals surface area (Å²) in [6.45, 7) is 1.64. The van der Waals surface area contributed by atoms with Gasteiger partial charge in [0.25, 0.3) is 5.56 Å². The van der Waals surface area contributed by atoms with Gasteiger partial charge in [-0.05, 0) is 31.2 Å². The highest BCUT2D eigenvalue weighted by atomic mass is 32.1. The summed E-state index contributed by atoms with van der Waals surface area (Å²) in [7, 11) is 1.67. The Labute approximate surface area is 158 Å². The summed E-state index contributed by atoms with van der Waals surface area (Å²) in [5, 5.41) is 5.16. The Kier molecular flexibility index (Phi) is 4.33. The molecule has 4 rings (SSSR count). The zero-order valence-corrected chi connectivity index (χ0v) is 15.6. The number of fused-ring (bicyclic) bond motifs is 1. The van der Waals surface area contributed by atoms with Crippen LogP contribution in [0.4, 0.5) is 5.69 Å². The van der Waals surface area contributed by atoms with Gasteiger partial charge in [-0.25, -0.2) is 9.67 Å². The molecule has 0 spiro atoms. The molecule has 0 aliphatic rings. The van der Waals surface area contributed by atoms with Crippen LogP contribution in [0.5, 0.6) is 0 Å². The van der Waals surface area contributed by atoms with Crippen LogP contribution in [0.25, 0.3) is 21.7 Å². The number of hydrogen-bond acceptors (Lipinski definition) is 6. The van der Waals surface area contributed by atoms with E-state index in [4.69, 9.17) is 4.42 Å². The second kappa shape index (κ2) is 6.81. The zero-order chi connectivity index (χ0) is 19.0. The second-order valence-electron chi connectivity index (χ2n) is 5.99. The lowest BCUT2D eigenvalue weighted by Crippen LogP contribution is -2.35. The molecule has 0 aliphatic carbocycles. The molecule has 0 N–H and O–H groups in total. The van der Waals surface area contributed by atoms with E-state index >= 15 is 0 Å². The molecular formula is C19H16N4O3S. The lowest BCUT2D eigenvalue weighted by atomic mass is 10.3. The van der Waals surface area contributed by atoms with Crippen molar-refractivity contribution in [3.05, 3.63) is 64.1 Å². The van der Waals surface area contributed by atoms with Crippen molar-refractivity contribution in [2.24, 2.45) is 0 Å². The summed E-state index contributed by atoms with van der Waals surface area (Å²) in [4.78, 5) is 31.3. The minimum atomic E-state index is -0.389. The maximum atomic E-state index is 12.8. The average molecular weight is 380 g/mol. The van der Waals surface area contributed by atoms with E-state index in [1.807, 2.05) is 37.3 Å². The van der Waals surface area contributed by atoms with Crippen LogP contribution in [0.3, 0.4) is 0 Å². The smallest absolute Gasteiger partial charge is 0.294 e. The number of thiazole rings is 1. The molecule has 0 radical (unpaired) electrons.